The largest absolute Gasteiger partial charge is 0.347 e. The first-order valence-electron chi connectivity index (χ1n) is 17.3. The van der Waals surface area contributed by atoms with Crippen LogP contribution in [-0.2, 0) is 9.47 Å². The highest BCUT2D eigenvalue weighted by Crippen LogP contribution is 2.34. The first-order chi connectivity index (χ1) is 19.7. The van der Waals surface area contributed by atoms with E-state index in [9.17, 15) is 0 Å². The highest BCUT2D eigenvalue weighted by molar-refractivity contribution is 4.97. The van der Waals surface area contributed by atoms with Gasteiger partial charge in [-0.05, 0) is 84.0 Å². The van der Waals surface area contributed by atoms with Gasteiger partial charge in [0.15, 0.2) is 5.79 Å². The van der Waals surface area contributed by atoms with Crippen molar-refractivity contribution in [1.29, 1.82) is 0 Å². The minimum atomic E-state index is -0.314. The zero-order valence-electron chi connectivity index (χ0n) is 26.9. The standard InChI is InChI=1S/C38H66O2/c1-4-6-8-10-12-14-16-18-20-21-23-25-27-29-31-33-35-38(39-36-37(3)40-38)34-32-30-28-26-24-22-19-17-15-13-11-9-7-5-2/h11-14,17-20,24,26,37H,4-10,15-16,21-23,25,27-36H2,1-3H3/b13-11-,14-12-,19-17-,20-18-,26-24-. The van der Waals surface area contributed by atoms with Crippen LogP contribution in [0.5, 0.6) is 0 Å². The summed E-state index contributed by atoms with van der Waals surface area (Å²) < 4.78 is 12.5. The van der Waals surface area contributed by atoms with E-state index in [1.54, 1.807) is 0 Å². The van der Waals surface area contributed by atoms with Gasteiger partial charge >= 0.3 is 0 Å². The van der Waals surface area contributed by atoms with E-state index in [0.29, 0.717) is 0 Å². The van der Waals surface area contributed by atoms with Crippen molar-refractivity contribution in [3.63, 3.8) is 0 Å². The van der Waals surface area contributed by atoms with Crippen LogP contribution < -0.4 is 0 Å². The lowest BCUT2D eigenvalue weighted by molar-refractivity contribution is -0.177. The number of hydrogen-bond donors (Lipinski definition) is 0. The lowest BCUT2D eigenvalue weighted by atomic mass is 9.99. The molecule has 0 N–H and O–H groups in total. The zero-order valence-corrected chi connectivity index (χ0v) is 26.9. The molecule has 0 aromatic rings. The summed E-state index contributed by atoms with van der Waals surface area (Å²) in [5, 5.41) is 0. The fourth-order valence-electron chi connectivity index (χ4n) is 5.23. The van der Waals surface area contributed by atoms with E-state index in [0.717, 1.165) is 45.1 Å². The normalized spacial score (nSPS) is 20.1. The predicted molar refractivity (Wildman–Crippen MR) is 178 cm³/mol. The number of allylic oxidation sites excluding steroid dienone is 10. The van der Waals surface area contributed by atoms with Gasteiger partial charge in [-0.15, -0.1) is 0 Å². The van der Waals surface area contributed by atoms with Crippen LogP contribution in [0.4, 0.5) is 0 Å². The fourth-order valence-corrected chi connectivity index (χ4v) is 5.23. The van der Waals surface area contributed by atoms with Gasteiger partial charge in [0, 0.05) is 12.8 Å². The minimum absolute atomic E-state index is 0.234. The van der Waals surface area contributed by atoms with E-state index in [1.807, 2.05) is 0 Å². The van der Waals surface area contributed by atoms with E-state index in [-0.39, 0.29) is 11.9 Å². The fraction of sp³-hybridized carbons (Fsp3) is 0.737. The Kier molecular flexibility index (Phi) is 25.4. The Morgan fingerprint density at radius 2 is 0.900 bits per heavy atom. The molecule has 0 radical (unpaired) electrons. The Hall–Kier alpha value is -1.38. The highest BCUT2D eigenvalue weighted by atomic mass is 16.7. The van der Waals surface area contributed by atoms with Gasteiger partial charge in [0.1, 0.15) is 0 Å². The Labute approximate surface area is 250 Å². The second-order valence-electron chi connectivity index (χ2n) is 11.8. The van der Waals surface area contributed by atoms with Crippen molar-refractivity contribution in [2.75, 3.05) is 6.61 Å². The molecule has 1 fully saturated rings. The first kappa shape index (κ1) is 36.6. The van der Waals surface area contributed by atoms with Crippen LogP contribution in [0.2, 0.25) is 0 Å². The molecule has 2 heteroatoms. The maximum Gasteiger partial charge on any atom is 0.168 e. The van der Waals surface area contributed by atoms with Gasteiger partial charge in [-0.2, -0.15) is 0 Å². The van der Waals surface area contributed by atoms with Crippen LogP contribution in [-0.4, -0.2) is 18.5 Å². The third-order valence-corrected chi connectivity index (χ3v) is 7.70. The molecule has 0 amide bonds. The summed E-state index contributed by atoms with van der Waals surface area (Å²) in [5.41, 5.74) is 0. The van der Waals surface area contributed by atoms with E-state index in [1.165, 1.54) is 103 Å². The summed E-state index contributed by atoms with van der Waals surface area (Å²) in [5.74, 6) is -0.314. The molecule has 2 nitrogen and oxygen atoms in total. The monoisotopic (exact) mass is 555 g/mol. The summed E-state index contributed by atoms with van der Waals surface area (Å²) >= 11 is 0. The van der Waals surface area contributed by atoms with Gasteiger partial charge in [0.2, 0.25) is 0 Å². The molecule has 0 spiro atoms. The van der Waals surface area contributed by atoms with Gasteiger partial charge < -0.3 is 9.47 Å². The van der Waals surface area contributed by atoms with Crippen molar-refractivity contribution in [1.82, 2.24) is 0 Å². The number of rotatable bonds is 27. The van der Waals surface area contributed by atoms with Crippen molar-refractivity contribution >= 4 is 0 Å². The topological polar surface area (TPSA) is 18.5 Å². The summed E-state index contributed by atoms with van der Waals surface area (Å²) in [4.78, 5) is 0. The minimum Gasteiger partial charge on any atom is -0.347 e. The molecule has 0 bridgehead atoms. The zero-order chi connectivity index (χ0) is 28.8. The molecule has 2 unspecified atom stereocenters. The molecule has 1 heterocycles. The van der Waals surface area contributed by atoms with Crippen molar-refractivity contribution in [3.05, 3.63) is 60.8 Å². The van der Waals surface area contributed by atoms with Crippen LogP contribution in [0.25, 0.3) is 0 Å². The van der Waals surface area contributed by atoms with Crippen LogP contribution in [0, 0.1) is 0 Å². The van der Waals surface area contributed by atoms with E-state index >= 15 is 0 Å². The predicted octanol–water partition coefficient (Wildman–Crippen LogP) is 12.5. The number of ether oxygens (including phenoxy) is 2. The van der Waals surface area contributed by atoms with E-state index < -0.39 is 0 Å². The molecular weight excluding hydrogens is 488 g/mol. The molecule has 2 atom stereocenters. The molecule has 230 valence electrons. The summed E-state index contributed by atoms with van der Waals surface area (Å²) in [6.45, 7) is 7.41. The van der Waals surface area contributed by atoms with Crippen LogP contribution in [0.15, 0.2) is 60.8 Å². The van der Waals surface area contributed by atoms with Gasteiger partial charge in [-0.25, -0.2) is 0 Å². The molecule has 1 rings (SSSR count). The second-order valence-corrected chi connectivity index (χ2v) is 11.8. The number of unbranched alkanes of at least 4 members (excludes halogenated alkanes) is 13. The molecule has 0 aromatic heterocycles. The quantitative estimate of drug-likeness (QED) is 0.0742. The van der Waals surface area contributed by atoms with E-state index in [2.05, 4.69) is 81.5 Å². The molecule has 1 saturated heterocycles. The Balaban J connectivity index is 2.05. The van der Waals surface area contributed by atoms with Crippen LogP contribution in [0.3, 0.4) is 0 Å². The lowest BCUT2D eigenvalue weighted by Gasteiger charge is -2.28. The molecule has 0 saturated carbocycles. The SMILES string of the molecule is CCCC/C=C\C/C=C\C/C=C\CCCCC1(CCCCCCCC/C=C\C/C=C\CCCCC)OCC(C)O1. The molecule has 1 aliphatic heterocycles. The average molecular weight is 555 g/mol. The average Bonchev–Trinajstić information content (AvgIpc) is 3.33. The van der Waals surface area contributed by atoms with E-state index in [4.69, 9.17) is 9.47 Å². The van der Waals surface area contributed by atoms with Crippen molar-refractivity contribution < 1.29 is 9.47 Å². The molecular formula is C38H66O2. The van der Waals surface area contributed by atoms with Crippen LogP contribution in [0.1, 0.15) is 162 Å². The number of hydrogen-bond acceptors (Lipinski definition) is 2. The molecule has 0 aromatic carbocycles. The highest BCUT2D eigenvalue weighted by Gasteiger charge is 2.38. The molecule has 0 aliphatic carbocycles. The summed E-state index contributed by atoms with van der Waals surface area (Å²) in [7, 11) is 0. The Morgan fingerprint density at radius 3 is 1.40 bits per heavy atom. The summed E-state index contributed by atoms with van der Waals surface area (Å²) in [6, 6.07) is 0. The van der Waals surface area contributed by atoms with Crippen molar-refractivity contribution in [2.24, 2.45) is 0 Å². The molecule has 40 heavy (non-hydrogen) atoms. The van der Waals surface area contributed by atoms with Gasteiger partial charge in [0.05, 0.1) is 12.7 Å². The maximum absolute atomic E-state index is 6.32. The van der Waals surface area contributed by atoms with Gasteiger partial charge in [0.25, 0.3) is 0 Å². The van der Waals surface area contributed by atoms with Crippen molar-refractivity contribution in [2.45, 2.75) is 174 Å². The summed E-state index contributed by atoms with van der Waals surface area (Å²) in [6.07, 6.45) is 50.4. The Bertz CT molecular complexity index is 686. The van der Waals surface area contributed by atoms with Gasteiger partial charge in [-0.1, -0.05) is 126 Å². The second kappa shape index (κ2) is 27.8. The smallest absolute Gasteiger partial charge is 0.168 e. The van der Waals surface area contributed by atoms with Crippen LogP contribution >= 0.6 is 0 Å². The molecule has 1 aliphatic rings. The third-order valence-electron chi connectivity index (χ3n) is 7.70. The van der Waals surface area contributed by atoms with Gasteiger partial charge in [-0.3, -0.25) is 0 Å². The third kappa shape index (κ3) is 22.3. The first-order valence-corrected chi connectivity index (χ1v) is 17.3. The Morgan fingerprint density at radius 1 is 0.500 bits per heavy atom. The maximum atomic E-state index is 6.32. The van der Waals surface area contributed by atoms with Crippen molar-refractivity contribution in [3.8, 4) is 0 Å². The lowest BCUT2D eigenvalue weighted by Crippen LogP contribution is -2.30.